The van der Waals surface area contributed by atoms with Crippen LogP contribution in [0.1, 0.15) is 11.5 Å². The van der Waals surface area contributed by atoms with E-state index in [1.807, 2.05) is 47.8 Å². The summed E-state index contributed by atoms with van der Waals surface area (Å²) >= 11 is 1.50. The van der Waals surface area contributed by atoms with Gasteiger partial charge >= 0.3 is 0 Å². The van der Waals surface area contributed by atoms with Crippen LogP contribution in [0.15, 0.2) is 81.4 Å². The molecule has 2 aromatic heterocycles. The molecule has 0 amide bonds. The van der Waals surface area contributed by atoms with Crippen LogP contribution in [0.25, 0.3) is 21.9 Å². The molecule has 27 heavy (non-hydrogen) atoms. The highest BCUT2D eigenvalue weighted by atomic mass is 32.2. The van der Waals surface area contributed by atoms with E-state index in [9.17, 15) is 8.42 Å². The number of aromatic nitrogens is 1. The molecule has 0 saturated heterocycles. The van der Waals surface area contributed by atoms with Crippen molar-refractivity contribution >= 4 is 21.4 Å². The second-order valence-corrected chi connectivity index (χ2v) is 8.44. The molecule has 7 heteroatoms. The summed E-state index contributed by atoms with van der Waals surface area (Å²) < 4.78 is 30.1. The number of hydrogen-bond acceptors (Lipinski definition) is 5. The smallest absolute Gasteiger partial charge is 0.238 e. The third-order valence-electron chi connectivity index (χ3n) is 4.06. The molecule has 2 heterocycles. The Kier molecular flexibility index (Phi) is 4.65. The van der Waals surface area contributed by atoms with E-state index in [1.54, 1.807) is 18.2 Å². The van der Waals surface area contributed by atoms with Gasteiger partial charge in [0.05, 0.1) is 9.77 Å². The average molecular weight is 396 g/mol. The third kappa shape index (κ3) is 3.71. The van der Waals surface area contributed by atoms with Gasteiger partial charge < -0.3 is 4.42 Å². The van der Waals surface area contributed by atoms with Crippen molar-refractivity contribution in [3.63, 3.8) is 0 Å². The van der Waals surface area contributed by atoms with Crippen LogP contribution < -0.4 is 5.14 Å². The van der Waals surface area contributed by atoms with E-state index in [-0.39, 0.29) is 4.90 Å². The zero-order chi connectivity index (χ0) is 18.9. The quantitative estimate of drug-likeness (QED) is 0.545. The largest absolute Gasteiger partial charge is 0.439 e. The molecule has 4 aromatic rings. The van der Waals surface area contributed by atoms with E-state index in [2.05, 4.69) is 4.98 Å². The molecule has 0 aliphatic rings. The zero-order valence-corrected chi connectivity index (χ0v) is 15.8. The zero-order valence-electron chi connectivity index (χ0n) is 14.2. The van der Waals surface area contributed by atoms with Crippen LogP contribution in [0, 0.1) is 0 Å². The summed E-state index contributed by atoms with van der Waals surface area (Å²) in [5.74, 6) is 1.07. The first kappa shape index (κ1) is 17.7. The number of rotatable bonds is 5. The summed E-state index contributed by atoms with van der Waals surface area (Å²) in [6.45, 7) is 0. The fraction of sp³-hybridized carbons (Fsp3) is 0.0500. The predicted molar refractivity (Wildman–Crippen MR) is 106 cm³/mol. The van der Waals surface area contributed by atoms with Gasteiger partial charge in [-0.15, -0.1) is 11.3 Å². The van der Waals surface area contributed by atoms with Crippen LogP contribution in [0.5, 0.6) is 0 Å². The van der Waals surface area contributed by atoms with Gasteiger partial charge in [0, 0.05) is 12.0 Å². The van der Waals surface area contributed by atoms with E-state index in [1.165, 1.54) is 17.4 Å². The first-order valence-corrected chi connectivity index (χ1v) is 10.6. The number of benzene rings is 2. The summed E-state index contributed by atoms with van der Waals surface area (Å²) in [6, 6.07) is 20.2. The van der Waals surface area contributed by atoms with E-state index in [4.69, 9.17) is 9.56 Å². The predicted octanol–water partition coefficient (Wildman–Crippen LogP) is 4.31. The van der Waals surface area contributed by atoms with Gasteiger partial charge in [0.25, 0.3) is 0 Å². The van der Waals surface area contributed by atoms with Crippen molar-refractivity contribution in [1.82, 2.24) is 4.98 Å². The van der Waals surface area contributed by atoms with E-state index < -0.39 is 10.0 Å². The summed E-state index contributed by atoms with van der Waals surface area (Å²) in [5.41, 5.74) is 1.97. The Labute approximate surface area is 161 Å². The van der Waals surface area contributed by atoms with Crippen molar-refractivity contribution in [2.45, 2.75) is 11.3 Å². The molecule has 0 saturated carbocycles. The van der Waals surface area contributed by atoms with Crippen LogP contribution in [-0.2, 0) is 16.4 Å². The third-order valence-corrected chi connectivity index (χ3v) is 5.90. The van der Waals surface area contributed by atoms with Crippen molar-refractivity contribution in [3.8, 4) is 21.9 Å². The lowest BCUT2D eigenvalue weighted by atomic mass is 10.1. The highest BCUT2D eigenvalue weighted by molar-refractivity contribution is 7.89. The maximum absolute atomic E-state index is 12.0. The summed E-state index contributed by atoms with van der Waals surface area (Å²) in [6.07, 6.45) is 0.511. The van der Waals surface area contributed by atoms with E-state index in [0.29, 0.717) is 29.3 Å². The molecule has 5 nitrogen and oxygen atoms in total. The molecular weight excluding hydrogens is 380 g/mol. The van der Waals surface area contributed by atoms with Gasteiger partial charge in [0.2, 0.25) is 10.0 Å². The number of sulfonamides is 1. The molecule has 0 spiro atoms. The molecule has 0 fully saturated rings. The Balaban J connectivity index is 1.88. The lowest BCUT2D eigenvalue weighted by Crippen LogP contribution is -2.13. The number of oxazole rings is 1. The molecule has 0 bridgehead atoms. The Morgan fingerprint density at radius 2 is 1.70 bits per heavy atom. The maximum Gasteiger partial charge on any atom is 0.238 e. The number of hydrogen-bond donors (Lipinski definition) is 1. The molecular formula is C20H16N2O3S2. The average Bonchev–Trinajstić information content (AvgIpc) is 3.31. The Morgan fingerprint density at radius 3 is 2.41 bits per heavy atom. The van der Waals surface area contributed by atoms with Crippen LogP contribution in [0.3, 0.4) is 0 Å². The number of primary sulfonamides is 1. The molecule has 0 aliphatic heterocycles. The molecule has 0 radical (unpaired) electrons. The standard InChI is InChI=1S/C20H16N2O3S2/c21-27(23,24)17-11-5-4-9-15(17)19-20(16-10-6-12-26-16)25-18(22-19)13-14-7-2-1-3-8-14/h1-12H,13H2,(H2,21,23,24). The SMILES string of the molecule is NS(=O)(=O)c1ccccc1-c1nc(Cc2ccccc2)oc1-c1cccs1. The molecule has 0 unspecified atom stereocenters. The Bertz CT molecular complexity index is 1170. The van der Waals surface area contributed by atoms with Crippen molar-refractivity contribution < 1.29 is 12.8 Å². The second kappa shape index (κ2) is 7.11. The van der Waals surface area contributed by atoms with Crippen molar-refractivity contribution in [1.29, 1.82) is 0 Å². The molecule has 0 atom stereocenters. The number of thiophene rings is 1. The molecule has 4 rings (SSSR count). The van der Waals surface area contributed by atoms with Crippen LogP contribution in [0.2, 0.25) is 0 Å². The summed E-state index contributed by atoms with van der Waals surface area (Å²) in [4.78, 5) is 5.53. The Hall–Kier alpha value is -2.74. The molecule has 2 N–H and O–H groups in total. The van der Waals surface area contributed by atoms with Crippen molar-refractivity contribution in [2.75, 3.05) is 0 Å². The Morgan fingerprint density at radius 1 is 0.963 bits per heavy atom. The van der Waals surface area contributed by atoms with Gasteiger partial charge in [-0.3, -0.25) is 0 Å². The van der Waals surface area contributed by atoms with Gasteiger partial charge in [-0.1, -0.05) is 54.6 Å². The van der Waals surface area contributed by atoms with Gasteiger partial charge in [-0.25, -0.2) is 18.5 Å². The van der Waals surface area contributed by atoms with Crippen molar-refractivity contribution in [2.24, 2.45) is 5.14 Å². The lowest BCUT2D eigenvalue weighted by molar-refractivity contribution is 0.520. The fourth-order valence-corrected chi connectivity index (χ4v) is 4.32. The minimum atomic E-state index is -3.90. The van der Waals surface area contributed by atoms with Crippen LogP contribution in [0.4, 0.5) is 0 Å². The maximum atomic E-state index is 12.0. The van der Waals surface area contributed by atoms with Crippen LogP contribution >= 0.6 is 11.3 Å². The first-order valence-electron chi connectivity index (χ1n) is 8.22. The molecule has 0 aliphatic carbocycles. The minimum Gasteiger partial charge on any atom is -0.439 e. The summed E-state index contributed by atoms with van der Waals surface area (Å²) in [5, 5.41) is 7.35. The highest BCUT2D eigenvalue weighted by Crippen LogP contribution is 2.38. The minimum absolute atomic E-state index is 0.0300. The molecule has 2 aromatic carbocycles. The fourth-order valence-electron chi connectivity index (χ4n) is 2.88. The van der Waals surface area contributed by atoms with Gasteiger partial charge in [0.1, 0.15) is 5.69 Å². The first-order chi connectivity index (χ1) is 13.0. The molecule has 136 valence electrons. The van der Waals surface area contributed by atoms with E-state index >= 15 is 0 Å². The number of nitrogens with two attached hydrogens (primary N) is 1. The van der Waals surface area contributed by atoms with Gasteiger partial charge in [0.15, 0.2) is 11.7 Å². The summed E-state index contributed by atoms with van der Waals surface area (Å²) in [7, 11) is -3.90. The van der Waals surface area contributed by atoms with Crippen LogP contribution in [-0.4, -0.2) is 13.4 Å². The van der Waals surface area contributed by atoms with Gasteiger partial charge in [-0.05, 0) is 23.1 Å². The lowest BCUT2D eigenvalue weighted by Gasteiger charge is -2.05. The van der Waals surface area contributed by atoms with E-state index in [0.717, 1.165) is 10.4 Å². The van der Waals surface area contributed by atoms with Gasteiger partial charge in [-0.2, -0.15) is 0 Å². The monoisotopic (exact) mass is 396 g/mol. The highest BCUT2D eigenvalue weighted by Gasteiger charge is 2.23. The topological polar surface area (TPSA) is 86.2 Å². The second-order valence-electron chi connectivity index (χ2n) is 5.97. The number of nitrogens with zero attached hydrogens (tertiary/aromatic N) is 1. The van der Waals surface area contributed by atoms with Crippen molar-refractivity contribution in [3.05, 3.63) is 83.6 Å². The normalized spacial score (nSPS) is 11.6.